The Hall–Kier alpha value is -1.55. The molecule has 1 aromatic rings. The second-order valence-corrected chi connectivity index (χ2v) is 4.73. The summed E-state index contributed by atoms with van der Waals surface area (Å²) in [6.45, 7) is 6.23. The molecule has 0 heterocycles. The fourth-order valence-corrected chi connectivity index (χ4v) is 1.78. The summed E-state index contributed by atoms with van der Waals surface area (Å²) in [5.74, 6) is 0.983. The predicted octanol–water partition coefficient (Wildman–Crippen LogP) is 1.96. The first-order valence-corrected chi connectivity index (χ1v) is 6.68. The van der Waals surface area contributed by atoms with E-state index in [2.05, 4.69) is 18.3 Å². The van der Waals surface area contributed by atoms with E-state index < -0.39 is 0 Å². The van der Waals surface area contributed by atoms with E-state index in [0.717, 1.165) is 30.0 Å². The predicted molar refractivity (Wildman–Crippen MR) is 77.4 cm³/mol. The molecule has 4 heteroatoms. The molecule has 1 amide bonds. The smallest absolute Gasteiger partial charge is 0.225 e. The molecule has 1 N–H and O–H groups in total. The summed E-state index contributed by atoms with van der Waals surface area (Å²) in [5.41, 5.74) is 2.24. The van der Waals surface area contributed by atoms with Crippen LogP contribution in [0.4, 0.5) is 0 Å². The summed E-state index contributed by atoms with van der Waals surface area (Å²) < 4.78 is 5.80. The molecule has 0 aliphatic rings. The number of ether oxygens (including phenoxy) is 1. The Morgan fingerprint density at radius 2 is 2.11 bits per heavy atom. The Labute approximate surface area is 115 Å². The summed E-state index contributed by atoms with van der Waals surface area (Å²) in [6.07, 6.45) is 0.405. The van der Waals surface area contributed by atoms with Gasteiger partial charge in [0.15, 0.2) is 0 Å². The molecule has 0 bridgehead atoms. The van der Waals surface area contributed by atoms with Gasteiger partial charge < -0.3 is 15.0 Å². The van der Waals surface area contributed by atoms with Crippen LogP contribution >= 0.6 is 0 Å². The van der Waals surface area contributed by atoms with Crippen LogP contribution in [0.5, 0.6) is 5.75 Å². The van der Waals surface area contributed by atoms with Gasteiger partial charge in [-0.15, -0.1) is 0 Å². The van der Waals surface area contributed by atoms with E-state index in [1.165, 1.54) is 0 Å². The molecule has 4 nitrogen and oxygen atoms in total. The lowest BCUT2D eigenvalue weighted by Gasteiger charge is -2.15. The van der Waals surface area contributed by atoms with Crippen LogP contribution in [0.25, 0.3) is 0 Å². The number of benzene rings is 1. The molecule has 106 valence electrons. The molecular weight excluding hydrogens is 240 g/mol. The highest BCUT2D eigenvalue weighted by atomic mass is 16.5. The van der Waals surface area contributed by atoms with Crippen molar-refractivity contribution < 1.29 is 9.53 Å². The summed E-state index contributed by atoms with van der Waals surface area (Å²) >= 11 is 0. The van der Waals surface area contributed by atoms with Crippen LogP contribution in [-0.4, -0.2) is 38.1 Å². The molecule has 0 spiro atoms. The minimum atomic E-state index is 0.0850. The third kappa shape index (κ3) is 4.91. The van der Waals surface area contributed by atoms with E-state index in [1.54, 1.807) is 19.0 Å². The van der Waals surface area contributed by atoms with Crippen molar-refractivity contribution >= 4 is 5.91 Å². The fourth-order valence-electron chi connectivity index (χ4n) is 1.78. The van der Waals surface area contributed by atoms with Gasteiger partial charge in [0.2, 0.25) is 5.91 Å². The van der Waals surface area contributed by atoms with Crippen LogP contribution < -0.4 is 10.1 Å². The largest absolute Gasteiger partial charge is 0.492 e. The van der Waals surface area contributed by atoms with Gasteiger partial charge in [0.25, 0.3) is 0 Å². The molecule has 0 aromatic heterocycles. The lowest BCUT2D eigenvalue weighted by atomic mass is 10.1. The second-order valence-electron chi connectivity index (χ2n) is 4.73. The van der Waals surface area contributed by atoms with Gasteiger partial charge in [-0.2, -0.15) is 0 Å². The van der Waals surface area contributed by atoms with Gasteiger partial charge in [0.1, 0.15) is 5.75 Å². The van der Waals surface area contributed by atoms with Gasteiger partial charge in [0, 0.05) is 26.2 Å². The summed E-state index contributed by atoms with van der Waals surface area (Å²) in [5, 5.41) is 3.29. The Kier molecular flexibility index (Phi) is 6.36. The quantitative estimate of drug-likeness (QED) is 0.818. The zero-order valence-electron chi connectivity index (χ0n) is 12.3. The van der Waals surface area contributed by atoms with Crippen LogP contribution in [0.15, 0.2) is 18.2 Å². The molecule has 0 saturated carbocycles. The highest BCUT2D eigenvalue weighted by Crippen LogP contribution is 2.23. The third-order valence-electron chi connectivity index (χ3n) is 2.92. The number of hydrogen-bond donors (Lipinski definition) is 1. The van der Waals surface area contributed by atoms with Crippen molar-refractivity contribution in [2.24, 2.45) is 0 Å². The maximum atomic E-state index is 11.5. The van der Waals surface area contributed by atoms with Crippen LogP contribution in [0.2, 0.25) is 0 Å². The van der Waals surface area contributed by atoms with Crippen LogP contribution in [0.3, 0.4) is 0 Å². The molecule has 19 heavy (non-hydrogen) atoms. The number of carbonyl (C=O) groups is 1. The number of para-hydroxylation sites is 1. The Morgan fingerprint density at radius 3 is 2.74 bits per heavy atom. The monoisotopic (exact) mass is 264 g/mol. The van der Waals surface area contributed by atoms with Gasteiger partial charge in [-0.3, -0.25) is 4.79 Å². The molecule has 0 unspecified atom stereocenters. The second kappa shape index (κ2) is 7.79. The Bertz CT molecular complexity index is 417. The lowest BCUT2D eigenvalue weighted by Crippen LogP contribution is -2.23. The summed E-state index contributed by atoms with van der Waals surface area (Å²) in [6, 6.07) is 6.11. The molecule has 0 saturated heterocycles. The minimum absolute atomic E-state index is 0.0850. The van der Waals surface area contributed by atoms with Crippen molar-refractivity contribution in [1.82, 2.24) is 10.2 Å². The zero-order chi connectivity index (χ0) is 14.3. The maximum Gasteiger partial charge on any atom is 0.225 e. The van der Waals surface area contributed by atoms with Gasteiger partial charge in [-0.05, 0) is 19.0 Å². The maximum absolute atomic E-state index is 11.5. The van der Waals surface area contributed by atoms with Crippen molar-refractivity contribution in [3.63, 3.8) is 0 Å². The normalized spacial score (nSPS) is 10.3. The van der Waals surface area contributed by atoms with Crippen molar-refractivity contribution in [2.45, 2.75) is 26.8 Å². The molecule has 0 atom stereocenters. The Morgan fingerprint density at radius 1 is 1.37 bits per heavy atom. The minimum Gasteiger partial charge on any atom is -0.492 e. The van der Waals surface area contributed by atoms with Crippen molar-refractivity contribution in [2.75, 3.05) is 27.2 Å². The molecule has 1 aromatic carbocycles. The topological polar surface area (TPSA) is 41.6 Å². The van der Waals surface area contributed by atoms with E-state index in [0.29, 0.717) is 13.0 Å². The molecule has 1 rings (SSSR count). The van der Waals surface area contributed by atoms with Gasteiger partial charge in [0.05, 0.1) is 13.0 Å². The SMILES string of the molecule is CCNCc1cccc(C)c1OCCC(=O)N(C)C. The number of hydrogen-bond acceptors (Lipinski definition) is 3. The van der Waals surface area contributed by atoms with E-state index in [9.17, 15) is 4.79 Å². The molecule has 0 radical (unpaired) electrons. The molecule has 0 aliphatic carbocycles. The van der Waals surface area contributed by atoms with Crippen LogP contribution in [0, 0.1) is 6.92 Å². The van der Waals surface area contributed by atoms with E-state index >= 15 is 0 Å². The lowest BCUT2D eigenvalue weighted by molar-refractivity contribution is -0.129. The summed E-state index contributed by atoms with van der Waals surface area (Å²) in [4.78, 5) is 13.1. The van der Waals surface area contributed by atoms with Gasteiger partial charge >= 0.3 is 0 Å². The first-order valence-electron chi connectivity index (χ1n) is 6.68. The highest BCUT2D eigenvalue weighted by molar-refractivity contribution is 5.75. The standard InChI is InChI=1S/C15H24N2O2/c1-5-16-11-13-8-6-7-12(2)15(13)19-10-9-14(18)17(3)4/h6-8,16H,5,9-11H2,1-4H3. The fraction of sp³-hybridized carbons (Fsp3) is 0.533. The molecule has 0 fully saturated rings. The summed E-state index contributed by atoms with van der Waals surface area (Å²) in [7, 11) is 3.51. The average molecular weight is 264 g/mol. The highest BCUT2D eigenvalue weighted by Gasteiger charge is 2.09. The van der Waals surface area contributed by atoms with Crippen molar-refractivity contribution in [1.29, 1.82) is 0 Å². The molecule has 0 aliphatic heterocycles. The van der Waals surface area contributed by atoms with E-state index in [-0.39, 0.29) is 5.91 Å². The number of nitrogens with zero attached hydrogens (tertiary/aromatic N) is 1. The number of nitrogens with one attached hydrogen (secondary N) is 1. The first-order chi connectivity index (χ1) is 9.06. The van der Waals surface area contributed by atoms with Crippen LogP contribution in [0.1, 0.15) is 24.5 Å². The number of carbonyl (C=O) groups excluding carboxylic acids is 1. The Balaban J connectivity index is 2.63. The van der Waals surface area contributed by atoms with Gasteiger partial charge in [-0.1, -0.05) is 25.1 Å². The number of amides is 1. The van der Waals surface area contributed by atoms with Crippen molar-refractivity contribution in [3.8, 4) is 5.75 Å². The average Bonchev–Trinajstić information content (AvgIpc) is 2.38. The van der Waals surface area contributed by atoms with Gasteiger partial charge in [-0.25, -0.2) is 0 Å². The number of aryl methyl sites for hydroxylation is 1. The van der Waals surface area contributed by atoms with E-state index in [4.69, 9.17) is 4.74 Å². The zero-order valence-corrected chi connectivity index (χ0v) is 12.3. The van der Waals surface area contributed by atoms with E-state index in [1.807, 2.05) is 19.1 Å². The van der Waals surface area contributed by atoms with Crippen molar-refractivity contribution in [3.05, 3.63) is 29.3 Å². The first kappa shape index (κ1) is 15.5. The van der Waals surface area contributed by atoms with Crippen LogP contribution in [-0.2, 0) is 11.3 Å². The molecular formula is C15H24N2O2. The third-order valence-corrected chi connectivity index (χ3v) is 2.92. The number of rotatable bonds is 7.